The molecule has 1 aliphatic rings. The molecule has 1 N–H and O–H groups in total. The van der Waals surface area contributed by atoms with Crippen LogP contribution in [0.1, 0.15) is 30.3 Å². The third-order valence-corrected chi connectivity index (χ3v) is 4.69. The zero-order chi connectivity index (χ0) is 19.7. The molecule has 144 valence electrons. The van der Waals surface area contributed by atoms with Gasteiger partial charge in [-0.25, -0.2) is 13.6 Å². The van der Waals surface area contributed by atoms with Gasteiger partial charge in [-0.3, -0.25) is 0 Å². The molecule has 1 fully saturated rings. The third kappa shape index (κ3) is 3.58. The summed E-state index contributed by atoms with van der Waals surface area (Å²) in [7, 11) is 0. The van der Waals surface area contributed by atoms with Gasteiger partial charge in [0.2, 0.25) is 11.7 Å². The normalized spacial score (nSPS) is 16.4. The molecule has 1 unspecified atom stereocenters. The topological polar surface area (TPSA) is 71.3 Å². The van der Waals surface area contributed by atoms with Crippen molar-refractivity contribution in [2.75, 3.05) is 11.9 Å². The van der Waals surface area contributed by atoms with Crippen molar-refractivity contribution in [3.8, 4) is 11.4 Å². The fraction of sp³-hybridized carbons (Fsp3) is 0.250. The van der Waals surface area contributed by atoms with Crippen LogP contribution in [0.4, 0.5) is 19.3 Å². The lowest BCUT2D eigenvalue weighted by Crippen LogP contribution is -2.34. The van der Waals surface area contributed by atoms with Crippen LogP contribution < -0.4 is 5.32 Å². The van der Waals surface area contributed by atoms with E-state index < -0.39 is 23.7 Å². The molecule has 8 heteroatoms. The van der Waals surface area contributed by atoms with Crippen molar-refractivity contribution >= 4 is 11.7 Å². The molecule has 28 heavy (non-hydrogen) atoms. The van der Waals surface area contributed by atoms with E-state index in [0.29, 0.717) is 24.7 Å². The molecule has 2 heterocycles. The summed E-state index contributed by atoms with van der Waals surface area (Å²) in [5.41, 5.74) is 1.83. The number of rotatable bonds is 3. The van der Waals surface area contributed by atoms with Crippen LogP contribution in [0.25, 0.3) is 11.4 Å². The molecule has 0 radical (unpaired) electrons. The predicted octanol–water partition coefficient (Wildman–Crippen LogP) is 4.69. The van der Waals surface area contributed by atoms with Gasteiger partial charge in [0.25, 0.3) is 0 Å². The number of anilines is 1. The molecule has 0 spiro atoms. The van der Waals surface area contributed by atoms with Crippen LogP contribution in [0.5, 0.6) is 0 Å². The molecule has 1 atom stereocenters. The molecule has 0 aliphatic carbocycles. The first-order valence-electron chi connectivity index (χ1n) is 8.94. The largest absolute Gasteiger partial charge is 0.337 e. The number of halogens is 2. The fourth-order valence-corrected chi connectivity index (χ4v) is 3.32. The Morgan fingerprint density at radius 2 is 2.11 bits per heavy atom. The number of aromatic nitrogens is 2. The van der Waals surface area contributed by atoms with Crippen LogP contribution in [0, 0.1) is 18.6 Å². The van der Waals surface area contributed by atoms with E-state index in [0.717, 1.165) is 29.7 Å². The molecule has 0 bridgehead atoms. The van der Waals surface area contributed by atoms with E-state index in [1.807, 2.05) is 31.2 Å². The van der Waals surface area contributed by atoms with Crippen LogP contribution in [-0.2, 0) is 0 Å². The maximum atomic E-state index is 13.8. The number of amides is 2. The molecule has 1 aliphatic heterocycles. The van der Waals surface area contributed by atoms with Gasteiger partial charge in [-0.1, -0.05) is 28.9 Å². The maximum absolute atomic E-state index is 13.8. The molecule has 2 aromatic carbocycles. The van der Waals surface area contributed by atoms with E-state index in [9.17, 15) is 13.6 Å². The summed E-state index contributed by atoms with van der Waals surface area (Å²) < 4.78 is 32.3. The first-order valence-corrected chi connectivity index (χ1v) is 8.94. The number of nitrogens with zero attached hydrogens (tertiary/aromatic N) is 3. The minimum atomic E-state index is -0.830. The number of hydrogen-bond donors (Lipinski definition) is 1. The second kappa shape index (κ2) is 7.38. The highest BCUT2D eigenvalue weighted by molar-refractivity contribution is 5.89. The first-order chi connectivity index (χ1) is 13.5. The van der Waals surface area contributed by atoms with E-state index in [2.05, 4.69) is 15.5 Å². The molecular formula is C20H18F2N4O2. The van der Waals surface area contributed by atoms with E-state index in [-0.39, 0.29) is 5.69 Å². The van der Waals surface area contributed by atoms with Gasteiger partial charge in [0.05, 0.1) is 5.69 Å². The van der Waals surface area contributed by atoms with Gasteiger partial charge in [-0.2, -0.15) is 4.98 Å². The molecule has 4 rings (SSSR count). The Bertz CT molecular complexity index is 1020. The van der Waals surface area contributed by atoms with Crippen molar-refractivity contribution < 1.29 is 18.1 Å². The van der Waals surface area contributed by atoms with E-state index >= 15 is 0 Å². The van der Waals surface area contributed by atoms with Crippen molar-refractivity contribution in [1.29, 1.82) is 0 Å². The van der Waals surface area contributed by atoms with Crippen molar-refractivity contribution in [1.82, 2.24) is 15.0 Å². The average molecular weight is 384 g/mol. The van der Waals surface area contributed by atoms with Crippen molar-refractivity contribution in [2.45, 2.75) is 25.8 Å². The van der Waals surface area contributed by atoms with Crippen LogP contribution in [0.3, 0.4) is 0 Å². The molecule has 1 aromatic heterocycles. The number of nitrogens with one attached hydrogen (secondary N) is 1. The van der Waals surface area contributed by atoms with E-state index in [1.54, 1.807) is 0 Å². The van der Waals surface area contributed by atoms with Gasteiger partial charge < -0.3 is 14.7 Å². The molecule has 6 nitrogen and oxygen atoms in total. The quantitative estimate of drug-likeness (QED) is 0.711. The lowest BCUT2D eigenvalue weighted by Gasteiger charge is -2.22. The third-order valence-electron chi connectivity index (χ3n) is 4.69. The Labute approximate surface area is 160 Å². The Morgan fingerprint density at radius 1 is 1.25 bits per heavy atom. The highest BCUT2D eigenvalue weighted by Crippen LogP contribution is 2.32. The van der Waals surface area contributed by atoms with Gasteiger partial charge in [0.1, 0.15) is 17.7 Å². The fourth-order valence-electron chi connectivity index (χ4n) is 3.32. The minimum Gasteiger partial charge on any atom is -0.337 e. The highest BCUT2D eigenvalue weighted by Gasteiger charge is 2.34. The standard InChI is InChI=1S/C20H18F2N4O2/c1-12-4-2-5-13(10-12)18-24-19(28-25-18)17-6-3-9-26(17)20(27)23-16-8-7-14(21)11-15(16)22/h2,4-5,7-8,10-11,17H,3,6,9H2,1H3,(H,23,27). The average Bonchev–Trinajstić information content (AvgIpc) is 3.33. The SMILES string of the molecule is Cc1cccc(-c2noc(C3CCCN3C(=O)Nc3ccc(F)cc3F)n2)c1. The summed E-state index contributed by atoms with van der Waals surface area (Å²) in [5.74, 6) is -0.744. The van der Waals surface area contributed by atoms with Crippen LogP contribution in [0.2, 0.25) is 0 Å². The Balaban J connectivity index is 1.53. The molecule has 2 amide bonds. The minimum absolute atomic E-state index is 0.0805. The second-order valence-corrected chi connectivity index (χ2v) is 6.73. The van der Waals surface area contributed by atoms with Crippen LogP contribution in [-0.4, -0.2) is 27.6 Å². The van der Waals surface area contributed by atoms with Gasteiger partial charge in [-0.15, -0.1) is 0 Å². The van der Waals surface area contributed by atoms with E-state index in [1.165, 1.54) is 11.0 Å². The number of carbonyl (C=O) groups is 1. The number of aryl methyl sites for hydroxylation is 1. The molecule has 3 aromatic rings. The molecule has 0 saturated carbocycles. The smallest absolute Gasteiger partial charge is 0.322 e. The van der Waals surface area contributed by atoms with Gasteiger partial charge >= 0.3 is 6.03 Å². The lowest BCUT2D eigenvalue weighted by molar-refractivity contribution is 0.193. The molecular weight excluding hydrogens is 366 g/mol. The number of likely N-dealkylation sites (tertiary alicyclic amines) is 1. The maximum Gasteiger partial charge on any atom is 0.322 e. The Morgan fingerprint density at radius 3 is 2.89 bits per heavy atom. The number of urea groups is 1. The monoisotopic (exact) mass is 384 g/mol. The van der Waals surface area contributed by atoms with Crippen LogP contribution in [0.15, 0.2) is 47.0 Å². The lowest BCUT2D eigenvalue weighted by atomic mass is 10.1. The van der Waals surface area contributed by atoms with Gasteiger partial charge in [0.15, 0.2) is 0 Å². The summed E-state index contributed by atoms with van der Waals surface area (Å²) in [6.45, 7) is 2.45. The zero-order valence-electron chi connectivity index (χ0n) is 15.2. The number of hydrogen-bond acceptors (Lipinski definition) is 4. The highest BCUT2D eigenvalue weighted by atomic mass is 19.1. The zero-order valence-corrected chi connectivity index (χ0v) is 15.2. The predicted molar refractivity (Wildman–Crippen MR) is 98.5 cm³/mol. The second-order valence-electron chi connectivity index (χ2n) is 6.73. The van der Waals surface area contributed by atoms with Crippen molar-refractivity contribution in [3.63, 3.8) is 0 Å². The first kappa shape index (κ1) is 18.1. The van der Waals surface area contributed by atoms with Crippen molar-refractivity contribution in [2.24, 2.45) is 0 Å². The van der Waals surface area contributed by atoms with E-state index in [4.69, 9.17) is 4.52 Å². The summed E-state index contributed by atoms with van der Waals surface area (Å²) in [4.78, 5) is 18.6. The summed E-state index contributed by atoms with van der Waals surface area (Å²) in [5, 5.41) is 6.51. The summed E-state index contributed by atoms with van der Waals surface area (Å²) >= 11 is 0. The summed E-state index contributed by atoms with van der Waals surface area (Å²) in [6.07, 6.45) is 1.42. The van der Waals surface area contributed by atoms with Crippen LogP contribution >= 0.6 is 0 Å². The Kier molecular flexibility index (Phi) is 4.77. The van der Waals surface area contributed by atoms with Gasteiger partial charge in [0, 0.05) is 18.2 Å². The Hall–Kier alpha value is -3.29. The summed E-state index contributed by atoms with van der Waals surface area (Å²) in [6, 6.07) is 9.84. The molecule has 1 saturated heterocycles. The number of benzene rings is 2. The number of carbonyl (C=O) groups excluding carboxylic acids is 1. The van der Waals surface area contributed by atoms with Crippen molar-refractivity contribution in [3.05, 3.63) is 65.6 Å². The van der Waals surface area contributed by atoms with Gasteiger partial charge in [-0.05, 0) is 38.0 Å².